The smallest absolute Gasteiger partial charge is 0.191 e. The molecule has 0 aliphatic rings. The fraction of sp³-hybridized carbons (Fsp3) is 0.533. The van der Waals surface area contributed by atoms with Crippen molar-refractivity contribution in [3.63, 3.8) is 0 Å². The topological polar surface area (TPSA) is 36.4 Å². The van der Waals surface area contributed by atoms with Gasteiger partial charge in [0.25, 0.3) is 0 Å². The maximum Gasteiger partial charge on any atom is 0.191 e. The summed E-state index contributed by atoms with van der Waals surface area (Å²) in [5, 5.41) is 6.32. The van der Waals surface area contributed by atoms with Crippen molar-refractivity contribution in [2.24, 2.45) is 4.99 Å². The first-order valence-corrected chi connectivity index (χ1v) is 8.11. The van der Waals surface area contributed by atoms with Crippen LogP contribution in [0.3, 0.4) is 0 Å². The van der Waals surface area contributed by atoms with Gasteiger partial charge in [-0.05, 0) is 45.2 Å². The highest BCUT2D eigenvalue weighted by Crippen LogP contribution is 2.19. The van der Waals surface area contributed by atoms with Crippen LogP contribution in [0.25, 0.3) is 0 Å². The largest absolute Gasteiger partial charge is 0.357 e. The SMILES string of the molecule is CCNC(=NCc1cc(F)ccc1F)NCC(C)(C)SC.I. The molecule has 0 fully saturated rings. The van der Waals surface area contributed by atoms with Gasteiger partial charge >= 0.3 is 0 Å². The van der Waals surface area contributed by atoms with Crippen LogP contribution in [0.1, 0.15) is 26.3 Å². The average Bonchev–Trinajstić information content (AvgIpc) is 2.45. The summed E-state index contributed by atoms with van der Waals surface area (Å²) in [6, 6.07) is 3.40. The zero-order chi connectivity index (χ0) is 15.9. The summed E-state index contributed by atoms with van der Waals surface area (Å²) in [5.41, 5.74) is 0.247. The molecule has 0 aliphatic heterocycles. The fourth-order valence-corrected chi connectivity index (χ4v) is 1.76. The van der Waals surface area contributed by atoms with Gasteiger partial charge in [0.1, 0.15) is 11.6 Å². The fourth-order valence-electron chi connectivity index (χ4n) is 1.54. The van der Waals surface area contributed by atoms with Gasteiger partial charge in [-0.1, -0.05) is 0 Å². The zero-order valence-electron chi connectivity index (χ0n) is 13.4. The molecule has 0 atom stereocenters. The molecule has 0 amide bonds. The van der Waals surface area contributed by atoms with Crippen molar-refractivity contribution in [1.82, 2.24) is 10.6 Å². The van der Waals surface area contributed by atoms with Gasteiger partial charge in [-0.2, -0.15) is 11.8 Å². The molecule has 3 nitrogen and oxygen atoms in total. The summed E-state index contributed by atoms with van der Waals surface area (Å²) in [6.07, 6.45) is 2.05. The van der Waals surface area contributed by atoms with Crippen molar-refractivity contribution in [3.05, 3.63) is 35.4 Å². The highest BCUT2D eigenvalue weighted by atomic mass is 127. The van der Waals surface area contributed by atoms with Gasteiger partial charge in [-0.3, -0.25) is 0 Å². The Kier molecular flexibility index (Phi) is 9.99. The summed E-state index contributed by atoms with van der Waals surface area (Å²) >= 11 is 1.75. The van der Waals surface area contributed by atoms with Crippen LogP contribution in [0, 0.1) is 11.6 Å². The molecule has 0 bridgehead atoms. The Morgan fingerprint density at radius 1 is 1.27 bits per heavy atom. The third kappa shape index (κ3) is 7.62. The van der Waals surface area contributed by atoms with Gasteiger partial charge in [-0.15, -0.1) is 24.0 Å². The number of hydrogen-bond acceptors (Lipinski definition) is 2. The van der Waals surface area contributed by atoms with Crippen LogP contribution in [0.4, 0.5) is 8.78 Å². The third-order valence-electron chi connectivity index (χ3n) is 2.99. The van der Waals surface area contributed by atoms with E-state index in [-0.39, 0.29) is 40.8 Å². The summed E-state index contributed by atoms with van der Waals surface area (Å²) in [4.78, 5) is 4.30. The van der Waals surface area contributed by atoms with Crippen molar-refractivity contribution < 1.29 is 8.78 Å². The molecule has 1 rings (SSSR count). The summed E-state index contributed by atoms with van der Waals surface area (Å²) in [7, 11) is 0. The van der Waals surface area contributed by atoms with Crippen molar-refractivity contribution in [2.45, 2.75) is 32.1 Å². The lowest BCUT2D eigenvalue weighted by atomic mass is 10.2. The van der Waals surface area contributed by atoms with Gasteiger partial charge < -0.3 is 10.6 Å². The van der Waals surface area contributed by atoms with E-state index in [9.17, 15) is 8.78 Å². The van der Waals surface area contributed by atoms with Gasteiger partial charge in [0.05, 0.1) is 6.54 Å². The molecule has 126 valence electrons. The van der Waals surface area contributed by atoms with Gasteiger partial charge in [0.15, 0.2) is 5.96 Å². The lowest BCUT2D eigenvalue weighted by Gasteiger charge is -2.23. The summed E-state index contributed by atoms with van der Waals surface area (Å²) < 4.78 is 26.7. The van der Waals surface area contributed by atoms with E-state index >= 15 is 0 Å². The van der Waals surface area contributed by atoms with E-state index in [0.29, 0.717) is 12.5 Å². The number of thioether (sulfide) groups is 1. The first-order valence-electron chi connectivity index (χ1n) is 6.89. The highest BCUT2D eigenvalue weighted by Gasteiger charge is 2.16. The van der Waals surface area contributed by atoms with Gasteiger partial charge in [0.2, 0.25) is 0 Å². The molecule has 2 N–H and O–H groups in total. The number of nitrogens with zero attached hydrogens (tertiary/aromatic N) is 1. The van der Waals surface area contributed by atoms with Crippen LogP contribution in [0.5, 0.6) is 0 Å². The molecular formula is C15H24F2IN3S. The normalized spacial score (nSPS) is 11.8. The predicted octanol–water partition coefficient (Wildman–Crippen LogP) is 3.78. The monoisotopic (exact) mass is 443 g/mol. The molecule has 1 aromatic rings. The first-order chi connectivity index (χ1) is 9.88. The molecule has 0 heterocycles. The number of halogens is 3. The number of rotatable bonds is 6. The molecule has 0 aromatic heterocycles. The molecule has 0 unspecified atom stereocenters. The Balaban J connectivity index is 0.00000441. The van der Waals surface area contributed by atoms with Crippen LogP contribution >= 0.6 is 35.7 Å². The van der Waals surface area contributed by atoms with Crippen molar-refractivity contribution in [1.29, 1.82) is 0 Å². The molecule has 22 heavy (non-hydrogen) atoms. The molecule has 0 saturated heterocycles. The maximum absolute atomic E-state index is 13.6. The van der Waals surface area contributed by atoms with E-state index in [0.717, 1.165) is 18.7 Å². The third-order valence-corrected chi connectivity index (χ3v) is 4.24. The van der Waals surface area contributed by atoms with Gasteiger partial charge in [-0.25, -0.2) is 13.8 Å². The Bertz CT molecular complexity index is 496. The zero-order valence-corrected chi connectivity index (χ0v) is 16.5. The minimum Gasteiger partial charge on any atom is -0.357 e. The van der Waals surface area contributed by atoms with Crippen LogP contribution in [-0.4, -0.2) is 30.1 Å². The second-order valence-electron chi connectivity index (χ2n) is 5.25. The van der Waals surface area contributed by atoms with Crippen molar-refractivity contribution in [3.8, 4) is 0 Å². The first kappa shape index (κ1) is 21.4. The van der Waals surface area contributed by atoms with Crippen LogP contribution in [-0.2, 0) is 6.54 Å². The molecule has 0 radical (unpaired) electrons. The maximum atomic E-state index is 13.6. The highest BCUT2D eigenvalue weighted by molar-refractivity contribution is 14.0. The average molecular weight is 443 g/mol. The van der Waals surface area contributed by atoms with E-state index < -0.39 is 11.6 Å². The minimum atomic E-state index is -0.455. The van der Waals surface area contributed by atoms with E-state index in [4.69, 9.17) is 0 Å². The Hall–Kier alpha value is -0.570. The lowest BCUT2D eigenvalue weighted by molar-refractivity contribution is 0.585. The van der Waals surface area contributed by atoms with Crippen molar-refractivity contribution in [2.75, 3.05) is 19.3 Å². The number of nitrogens with one attached hydrogen (secondary N) is 2. The molecule has 1 aromatic carbocycles. The Morgan fingerprint density at radius 2 is 1.95 bits per heavy atom. The standard InChI is InChI=1S/C15H23F2N3S.HI/c1-5-18-14(20-10-15(2,3)21-4)19-9-11-8-12(16)6-7-13(11)17;/h6-8H,5,9-10H2,1-4H3,(H2,18,19,20);1H. The molecule has 0 aliphatic carbocycles. The predicted molar refractivity (Wildman–Crippen MR) is 102 cm³/mol. The molecule has 7 heteroatoms. The van der Waals surface area contributed by atoms with E-state index in [1.54, 1.807) is 11.8 Å². The number of hydrogen-bond donors (Lipinski definition) is 2. The molecule has 0 spiro atoms. The second-order valence-corrected chi connectivity index (χ2v) is 6.76. The Morgan fingerprint density at radius 3 is 2.55 bits per heavy atom. The van der Waals surface area contributed by atoms with Crippen molar-refractivity contribution >= 4 is 41.7 Å². The summed E-state index contributed by atoms with van der Waals surface area (Å²) in [6.45, 7) is 7.74. The summed E-state index contributed by atoms with van der Waals surface area (Å²) in [5.74, 6) is -0.299. The van der Waals surface area contributed by atoms with Crippen LogP contribution in [0.2, 0.25) is 0 Å². The van der Waals surface area contributed by atoms with E-state index in [2.05, 4.69) is 29.5 Å². The number of benzene rings is 1. The molecule has 0 saturated carbocycles. The minimum absolute atomic E-state index is 0. The van der Waals surface area contributed by atoms with Crippen LogP contribution in [0.15, 0.2) is 23.2 Å². The van der Waals surface area contributed by atoms with E-state index in [1.165, 1.54) is 6.07 Å². The van der Waals surface area contributed by atoms with Crippen LogP contribution < -0.4 is 10.6 Å². The Labute approximate surface area is 152 Å². The lowest BCUT2D eigenvalue weighted by Crippen LogP contribution is -2.43. The van der Waals surface area contributed by atoms with E-state index in [1.807, 2.05) is 13.2 Å². The second kappa shape index (κ2) is 10.3. The van der Waals surface area contributed by atoms with Gasteiger partial charge in [0, 0.05) is 23.4 Å². The number of aliphatic imine (C=N–C) groups is 1. The number of guanidine groups is 1. The quantitative estimate of drug-likeness (QED) is 0.399. The molecular weight excluding hydrogens is 419 g/mol.